The van der Waals surface area contributed by atoms with Gasteiger partial charge in [-0.3, -0.25) is 5.10 Å². The van der Waals surface area contributed by atoms with E-state index in [1.807, 2.05) is 24.4 Å². The molecule has 0 aliphatic carbocycles. The zero-order valence-electron chi connectivity index (χ0n) is 8.36. The number of rotatable bonds is 3. The van der Waals surface area contributed by atoms with Crippen LogP contribution in [0.2, 0.25) is 0 Å². The summed E-state index contributed by atoms with van der Waals surface area (Å²) >= 11 is 0. The minimum Gasteiger partial charge on any atom is -0.492 e. The maximum absolute atomic E-state index is 5.78. The van der Waals surface area contributed by atoms with Crippen molar-refractivity contribution in [2.45, 2.75) is 0 Å². The van der Waals surface area contributed by atoms with Gasteiger partial charge >= 0.3 is 0 Å². The highest BCUT2D eigenvalue weighted by Gasteiger charge is 2.17. The van der Waals surface area contributed by atoms with Crippen LogP contribution in [0.1, 0.15) is 0 Å². The molecule has 0 atom stereocenters. The summed E-state index contributed by atoms with van der Waals surface area (Å²) in [6.07, 6.45) is 1.81. The summed E-state index contributed by atoms with van der Waals surface area (Å²) in [5, 5.41) is 11.2. The molecule has 2 heterocycles. The van der Waals surface area contributed by atoms with E-state index in [1.54, 1.807) is 0 Å². The number of H-pyrrole nitrogens is 1. The fraction of sp³-hybridized carbons (Fsp3) is 0.364. The third-order valence-corrected chi connectivity index (χ3v) is 2.79. The lowest BCUT2D eigenvalue weighted by atomic mass is 10.1. The van der Waals surface area contributed by atoms with Gasteiger partial charge in [0.25, 0.3) is 0 Å². The van der Waals surface area contributed by atoms with E-state index in [9.17, 15) is 0 Å². The summed E-state index contributed by atoms with van der Waals surface area (Å²) in [6.45, 7) is 2.93. The summed E-state index contributed by atoms with van der Waals surface area (Å²) in [5.41, 5.74) is 1.03. The van der Waals surface area contributed by atoms with Gasteiger partial charge < -0.3 is 10.1 Å². The Hall–Kier alpha value is -1.55. The number of hydrogen-bond acceptors (Lipinski definition) is 3. The zero-order valence-corrected chi connectivity index (χ0v) is 8.36. The molecule has 0 spiro atoms. The molecule has 0 amide bonds. The smallest absolute Gasteiger partial charge is 0.130 e. The van der Waals surface area contributed by atoms with Gasteiger partial charge in [-0.05, 0) is 12.1 Å². The fourth-order valence-electron chi connectivity index (χ4n) is 1.74. The molecule has 15 heavy (non-hydrogen) atoms. The third kappa shape index (κ3) is 1.57. The molecule has 4 heteroatoms. The Labute approximate surface area is 87.6 Å². The van der Waals surface area contributed by atoms with Gasteiger partial charge in [-0.1, -0.05) is 6.07 Å². The van der Waals surface area contributed by atoms with E-state index in [1.165, 1.54) is 0 Å². The van der Waals surface area contributed by atoms with Gasteiger partial charge in [-0.25, -0.2) is 0 Å². The quantitative estimate of drug-likeness (QED) is 0.787. The number of ether oxygens (including phenoxy) is 1. The molecular formula is C11H13N3O. The predicted octanol–water partition coefficient (Wildman–Crippen LogP) is 1.16. The van der Waals surface area contributed by atoms with Gasteiger partial charge in [0.15, 0.2) is 0 Å². The number of aromatic nitrogens is 2. The molecular weight excluding hydrogens is 190 g/mol. The van der Waals surface area contributed by atoms with E-state index < -0.39 is 0 Å². The van der Waals surface area contributed by atoms with Crippen LogP contribution in [-0.2, 0) is 0 Å². The molecule has 1 saturated heterocycles. The van der Waals surface area contributed by atoms with Crippen molar-refractivity contribution < 1.29 is 4.74 Å². The van der Waals surface area contributed by atoms with Crippen LogP contribution in [0.3, 0.4) is 0 Å². The van der Waals surface area contributed by atoms with E-state index in [-0.39, 0.29) is 0 Å². The summed E-state index contributed by atoms with van der Waals surface area (Å²) in [5.74, 6) is 1.58. The van der Waals surface area contributed by atoms with Crippen molar-refractivity contribution in [2.24, 2.45) is 5.92 Å². The maximum Gasteiger partial charge on any atom is 0.130 e. The number of hydrogen-bond donors (Lipinski definition) is 2. The highest BCUT2D eigenvalue weighted by molar-refractivity contribution is 5.84. The highest BCUT2D eigenvalue weighted by Crippen LogP contribution is 2.24. The summed E-state index contributed by atoms with van der Waals surface area (Å²) in [4.78, 5) is 0. The minimum absolute atomic E-state index is 0.659. The van der Waals surface area contributed by atoms with Crippen LogP contribution in [0.4, 0.5) is 0 Å². The van der Waals surface area contributed by atoms with Crippen molar-refractivity contribution in [2.75, 3.05) is 19.7 Å². The minimum atomic E-state index is 0.659. The Kier molecular flexibility index (Phi) is 2.07. The molecule has 2 aromatic rings. The van der Waals surface area contributed by atoms with E-state index in [4.69, 9.17) is 4.74 Å². The van der Waals surface area contributed by atoms with Gasteiger partial charge in [0.2, 0.25) is 0 Å². The standard InChI is InChI=1S/C11H13N3O/c1-2-10-9(6-13-14-10)11(3-1)15-7-8-4-12-5-8/h1-3,6,8,12H,4-5,7H2,(H,13,14). The molecule has 1 aromatic carbocycles. The predicted molar refractivity (Wildman–Crippen MR) is 57.9 cm³/mol. The average molecular weight is 203 g/mol. The molecule has 78 valence electrons. The van der Waals surface area contributed by atoms with Crippen molar-refractivity contribution in [1.82, 2.24) is 15.5 Å². The molecule has 4 nitrogen and oxygen atoms in total. The van der Waals surface area contributed by atoms with Gasteiger partial charge in [-0.15, -0.1) is 0 Å². The molecule has 0 bridgehead atoms. The van der Waals surface area contributed by atoms with Crippen molar-refractivity contribution >= 4 is 10.9 Å². The summed E-state index contributed by atoms with van der Waals surface area (Å²) < 4.78 is 5.78. The first-order valence-electron chi connectivity index (χ1n) is 5.19. The molecule has 1 aromatic heterocycles. The lowest BCUT2D eigenvalue weighted by Crippen LogP contribution is -2.45. The molecule has 1 aliphatic heterocycles. The van der Waals surface area contributed by atoms with Crippen LogP contribution in [0, 0.1) is 5.92 Å². The molecule has 3 rings (SSSR count). The number of nitrogens with zero attached hydrogens (tertiary/aromatic N) is 1. The summed E-state index contributed by atoms with van der Waals surface area (Å²) in [7, 11) is 0. The van der Waals surface area contributed by atoms with Gasteiger partial charge in [0.05, 0.1) is 23.7 Å². The van der Waals surface area contributed by atoms with Crippen LogP contribution in [-0.4, -0.2) is 29.9 Å². The molecule has 1 aliphatic rings. The zero-order chi connectivity index (χ0) is 10.1. The molecule has 0 unspecified atom stereocenters. The van der Waals surface area contributed by atoms with E-state index in [0.717, 1.165) is 36.3 Å². The third-order valence-electron chi connectivity index (χ3n) is 2.79. The lowest BCUT2D eigenvalue weighted by Gasteiger charge is -2.26. The molecule has 2 N–H and O–H groups in total. The second-order valence-corrected chi connectivity index (χ2v) is 3.92. The monoisotopic (exact) mass is 203 g/mol. The van der Waals surface area contributed by atoms with Gasteiger partial charge in [0.1, 0.15) is 5.75 Å². The average Bonchev–Trinajstić information content (AvgIpc) is 2.63. The van der Waals surface area contributed by atoms with Crippen molar-refractivity contribution in [3.8, 4) is 5.75 Å². The van der Waals surface area contributed by atoms with Crippen LogP contribution in [0.5, 0.6) is 5.75 Å². The van der Waals surface area contributed by atoms with Crippen LogP contribution in [0.15, 0.2) is 24.4 Å². The molecule has 1 fully saturated rings. The topological polar surface area (TPSA) is 49.9 Å². The van der Waals surface area contributed by atoms with Crippen LogP contribution in [0.25, 0.3) is 10.9 Å². The van der Waals surface area contributed by atoms with E-state index >= 15 is 0 Å². The van der Waals surface area contributed by atoms with Crippen molar-refractivity contribution in [3.63, 3.8) is 0 Å². The second kappa shape index (κ2) is 3.55. The van der Waals surface area contributed by atoms with Crippen molar-refractivity contribution in [3.05, 3.63) is 24.4 Å². The SMILES string of the molecule is c1cc(OCC2CNC2)c2cn[nH]c2c1. The summed E-state index contributed by atoms with van der Waals surface area (Å²) in [6, 6.07) is 5.97. The van der Waals surface area contributed by atoms with Crippen LogP contribution >= 0.6 is 0 Å². The number of benzene rings is 1. The lowest BCUT2D eigenvalue weighted by molar-refractivity contribution is 0.201. The van der Waals surface area contributed by atoms with Crippen molar-refractivity contribution in [1.29, 1.82) is 0 Å². The van der Waals surface area contributed by atoms with Crippen LogP contribution < -0.4 is 10.1 Å². The molecule has 0 radical (unpaired) electrons. The van der Waals surface area contributed by atoms with E-state index in [2.05, 4.69) is 15.5 Å². The maximum atomic E-state index is 5.78. The molecule has 0 saturated carbocycles. The Balaban J connectivity index is 1.80. The second-order valence-electron chi connectivity index (χ2n) is 3.92. The van der Waals surface area contributed by atoms with Gasteiger partial charge in [-0.2, -0.15) is 5.10 Å². The Bertz CT molecular complexity index is 462. The largest absolute Gasteiger partial charge is 0.492 e. The Morgan fingerprint density at radius 3 is 3.13 bits per heavy atom. The Morgan fingerprint density at radius 1 is 1.40 bits per heavy atom. The van der Waals surface area contributed by atoms with E-state index in [0.29, 0.717) is 5.92 Å². The first kappa shape index (κ1) is 8.73. The fourth-order valence-corrected chi connectivity index (χ4v) is 1.74. The Morgan fingerprint density at radius 2 is 2.33 bits per heavy atom. The van der Waals surface area contributed by atoms with Gasteiger partial charge in [0, 0.05) is 19.0 Å². The first-order chi connectivity index (χ1) is 7.43. The number of aromatic amines is 1. The first-order valence-corrected chi connectivity index (χ1v) is 5.19. The highest BCUT2D eigenvalue weighted by atomic mass is 16.5. The number of fused-ring (bicyclic) bond motifs is 1. The number of nitrogens with one attached hydrogen (secondary N) is 2. The normalized spacial score (nSPS) is 16.5.